The fraction of sp³-hybridized carbons (Fsp3) is 0.0690. The molecule has 0 spiro atoms. The minimum atomic E-state index is -1.25. The predicted octanol–water partition coefficient (Wildman–Crippen LogP) is 4.81. The number of hydrogen-bond donors (Lipinski definition) is 1. The summed E-state index contributed by atoms with van der Waals surface area (Å²) in [5.41, 5.74) is 1.55. The number of nitrogens with zero attached hydrogens (tertiary/aromatic N) is 2. The normalized spacial score (nSPS) is 14.8. The Morgan fingerprint density at radius 2 is 1.63 bits per heavy atom. The second-order valence-corrected chi connectivity index (χ2v) is 8.72. The first-order valence-electron chi connectivity index (χ1n) is 11.7. The minimum absolute atomic E-state index is 0.0131. The number of imide groups is 1. The van der Waals surface area contributed by atoms with Gasteiger partial charge in [0.2, 0.25) is 0 Å². The second-order valence-electron chi connectivity index (χ2n) is 8.72. The first-order valence-corrected chi connectivity index (χ1v) is 11.7. The van der Waals surface area contributed by atoms with Crippen molar-refractivity contribution in [3.63, 3.8) is 0 Å². The lowest BCUT2D eigenvalue weighted by atomic mass is 9.99. The third-order valence-electron chi connectivity index (χ3n) is 6.40. The van der Waals surface area contributed by atoms with E-state index in [4.69, 9.17) is 14.2 Å². The summed E-state index contributed by atoms with van der Waals surface area (Å²) in [7, 11) is 1.36. The van der Waals surface area contributed by atoms with Gasteiger partial charge in [0.15, 0.2) is 17.3 Å². The van der Waals surface area contributed by atoms with Crippen molar-refractivity contribution in [2.24, 2.45) is 0 Å². The van der Waals surface area contributed by atoms with Gasteiger partial charge in [0.1, 0.15) is 18.6 Å². The number of hydrogen-bond acceptors (Lipinski definition) is 6. The van der Waals surface area contributed by atoms with Gasteiger partial charge in [-0.25, -0.2) is 4.79 Å². The van der Waals surface area contributed by atoms with Gasteiger partial charge in [0.25, 0.3) is 11.8 Å². The zero-order valence-electron chi connectivity index (χ0n) is 20.1. The molecule has 0 bridgehead atoms. The molecule has 4 aromatic rings. The molecule has 1 aromatic heterocycles. The van der Waals surface area contributed by atoms with Crippen molar-refractivity contribution >= 4 is 34.4 Å². The van der Waals surface area contributed by atoms with Gasteiger partial charge in [-0.3, -0.25) is 19.1 Å². The molecule has 0 aliphatic carbocycles. The lowest BCUT2D eigenvalue weighted by Crippen LogP contribution is -2.27. The van der Waals surface area contributed by atoms with Crippen LogP contribution in [-0.4, -0.2) is 39.5 Å². The molecule has 0 saturated heterocycles. The summed E-state index contributed by atoms with van der Waals surface area (Å²) in [6, 6.07) is 21.5. The van der Waals surface area contributed by atoms with E-state index >= 15 is 0 Å². The Balaban J connectivity index is 1.46. The summed E-state index contributed by atoms with van der Waals surface area (Å²) < 4.78 is 18.5. The van der Waals surface area contributed by atoms with Crippen molar-refractivity contribution in [1.82, 2.24) is 9.47 Å². The Labute approximate surface area is 216 Å². The van der Waals surface area contributed by atoms with E-state index in [1.165, 1.54) is 19.5 Å². The Kier molecular flexibility index (Phi) is 5.45. The Morgan fingerprint density at radius 1 is 0.921 bits per heavy atom. The zero-order chi connectivity index (χ0) is 26.4. The van der Waals surface area contributed by atoms with Crippen molar-refractivity contribution in [1.29, 1.82) is 0 Å². The molecule has 2 aliphatic heterocycles. The monoisotopic (exact) mass is 508 g/mol. The third-order valence-corrected chi connectivity index (χ3v) is 6.40. The maximum Gasteiger partial charge on any atom is 0.416 e. The van der Waals surface area contributed by atoms with Crippen LogP contribution in [0, 0.1) is 0 Å². The van der Waals surface area contributed by atoms with Crippen LogP contribution in [0.3, 0.4) is 0 Å². The molecule has 6 rings (SSSR count). The fourth-order valence-corrected chi connectivity index (χ4v) is 4.52. The standard InChI is InChI=1S/C29H20N2O7/c1-30-27(32)25(26(28(30)33)24-16-37-22-9-5-6-10-23(22)38-24)20-14-31(29(34)35)21-13-18(11-12-19(20)21)36-15-17-7-3-2-4-8-17/h2-14,16H,15H2,1H3,(H,34,35). The number of likely N-dealkylation sites (N-methyl/N-ethyl adjacent to an activating group) is 1. The van der Waals surface area contributed by atoms with Gasteiger partial charge >= 0.3 is 6.09 Å². The molecule has 188 valence electrons. The Bertz CT molecular complexity index is 1700. The molecular weight excluding hydrogens is 488 g/mol. The molecule has 1 N–H and O–H groups in total. The zero-order valence-corrected chi connectivity index (χ0v) is 20.1. The molecular formula is C29H20N2O7. The van der Waals surface area contributed by atoms with Gasteiger partial charge < -0.3 is 19.3 Å². The van der Waals surface area contributed by atoms with E-state index in [0.717, 1.165) is 15.0 Å². The molecule has 0 radical (unpaired) electrons. The van der Waals surface area contributed by atoms with E-state index in [2.05, 4.69) is 0 Å². The highest BCUT2D eigenvalue weighted by molar-refractivity contribution is 6.38. The largest absolute Gasteiger partial charge is 0.489 e. The third kappa shape index (κ3) is 3.77. The quantitative estimate of drug-likeness (QED) is 0.386. The number of carbonyl (C=O) groups excluding carboxylic acids is 2. The number of para-hydroxylation sites is 2. The topological polar surface area (TPSA) is 107 Å². The SMILES string of the molecule is CN1C(=O)C(C2=COc3ccccc3O2)=C(c2cn(C(=O)O)c3cc(OCc4ccccc4)ccc23)C1=O. The number of ether oxygens (including phenoxy) is 3. The second kappa shape index (κ2) is 8.97. The van der Waals surface area contributed by atoms with Gasteiger partial charge in [-0.15, -0.1) is 0 Å². The van der Waals surface area contributed by atoms with Gasteiger partial charge in [-0.2, -0.15) is 0 Å². The molecule has 2 amide bonds. The summed E-state index contributed by atoms with van der Waals surface area (Å²) >= 11 is 0. The molecule has 38 heavy (non-hydrogen) atoms. The number of carbonyl (C=O) groups is 3. The summed E-state index contributed by atoms with van der Waals surface area (Å²) in [5, 5.41) is 10.4. The lowest BCUT2D eigenvalue weighted by molar-refractivity contribution is -0.135. The lowest BCUT2D eigenvalue weighted by Gasteiger charge is -2.18. The van der Waals surface area contributed by atoms with Crippen molar-refractivity contribution in [3.05, 3.63) is 108 Å². The van der Waals surface area contributed by atoms with E-state index in [1.54, 1.807) is 42.5 Å². The number of benzene rings is 3. The number of carboxylic acid groups (broad SMARTS) is 1. The number of rotatable bonds is 5. The smallest absolute Gasteiger partial charge is 0.416 e. The summed E-state index contributed by atoms with van der Waals surface area (Å²) in [6.45, 7) is 0.299. The minimum Gasteiger partial charge on any atom is -0.489 e. The molecule has 0 unspecified atom stereocenters. The average molecular weight is 508 g/mol. The van der Waals surface area contributed by atoms with Crippen LogP contribution in [-0.2, 0) is 16.2 Å². The van der Waals surface area contributed by atoms with Gasteiger partial charge in [0, 0.05) is 30.3 Å². The first kappa shape index (κ1) is 23.1. The van der Waals surface area contributed by atoms with Crippen molar-refractivity contribution in [2.45, 2.75) is 6.61 Å². The van der Waals surface area contributed by atoms with Crippen LogP contribution in [0.2, 0.25) is 0 Å². The van der Waals surface area contributed by atoms with Gasteiger partial charge in [-0.05, 0) is 29.8 Å². The maximum absolute atomic E-state index is 13.3. The van der Waals surface area contributed by atoms with Crippen molar-refractivity contribution in [2.75, 3.05) is 7.05 Å². The molecule has 2 aliphatic rings. The van der Waals surface area contributed by atoms with Gasteiger partial charge in [0.05, 0.1) is 16.7 Å². The van der Waals surface area contributed by atoms with Crippen molar-refractivity contribution in [3.8, 4) is 17.2 Å². The molecule has 0 fully saturated rings. The van der Waals surface area contributed by atoms with Crippen LogP contribution in [0.25, 0.3) is 16.5 Å². The molecule has 0 atom stereocenters. The molecule has 9 nitrogen and oxygen atoms in total. The van der Waals surface area contributed by atoms with Crippen LogP contribution in [0.1, 0.15) is 11.1 Å². The summed E-state index contributed by atoms with van der Waals surface area (Å²) in [4.78, 5) is 39.6. The summed E-state index contributed by atoms with van der Waals surface area (Å²) in [5.74, 6) is 0.201. The maximum atomic E-state index is 13.3. The number of fused-ring (bicyclic) bond motifs is 2. The highest BCUT2D eigenvalue weighted by atomic mass is 16.6. The highest BCUT2D eigenvalue weighted by Crippen LogP contribution is 2.41. The Hall–Kier alpha value is -5.31. The van der Waals surface area contributed by atoms with Crippen LogP contribution < -0.4 is 14.2 Å². The van der Waals surface area contributed by atoms with E-state index < -0.39 is 17.9 Å². The van der Waals surface area contributed by atoms with Crippen LogP contribution in [0.15, 0.2) is 96.6 Å². The van der Waals surface area contributed by atoms with Crippen LogP contribution >= 0.6 is 0 Å². The number of aromatic nitrogens is 1. The van der Waals surface area contributed by atoms with E-state index in [1.807, 2.05) is 30.3 Å². The highest BCUT2D eigenvalue weighted by Gasteiger charge is 2.41. The number of amides is 2. The van der Waals surface area contributed by atoms with Crippen LogP contribution in [0.4, 0.5) is 4.79 Å². The average Bonchev–Trinajstić information content (AvgIpc) is 3.42. The van der Waals surface area contributed by atoms with E-state index in [-0.39, 0.29) is 22.5 Å². The van der Waals surface area contributed by atoms with E-state index in [0.29, 0.717) is 34.8 Å². The van der Waals surface area contributed by atoms with Crippen LogP contribution in [0.5, 0.6) is 17.2 Å². The van der Waals surface area contributed by atoms with Crippen molar-refractivity contribution < 1.29 is 33.7 Å². The fourth-order valence-electron chi connectivity index (χ4n) is 4.52. The molecule has 0 saturated carbocycles. The molecule has 3 aromatic carbocycles. The molecule has 9 heteroatoms. The van der Waals surface area contributed by atoms with Gasteiger partial charge in [-0.1, -0.05) is 42.5 Å². The first-order chi connectivity index (χ1) is 18.4. The summed E-state index contributed by atoms with van der Waals surface area (Å²) in [6.07, 6.45) is 1.35. The molecule has 3 heterocycles. The van der Waals surface area contributed by atoms with E-state index in [9.17, 15) is 19.5 Å². The Morgan fingerprint density at radius 3 is 2.39 bits per heavy atom. The predicted molar refractivity (Wildman–Crippen MR) is 137 cm³/mol.